The molecule has 0 radical (unpaired) electrons. The number of aliphatic carboxylic acids is 1. The second-order valence-electron chi connectivity index (χ2n) is 4.70. The SMILES string of the molecule is CC(C)C(NC(=O)Nc1ccccc1C(F)(F)F)C(=O)O. The summed E-state index contributed by atoms with van der Waals surface area (Å²) < 4.78 is 38.3. The Morgan fingerprint density at radius 3 is 2.24 bits per heavy atom. The van der Waals surface area contributed by atoms with Crippen molar-refractivity contribution in [2.75, 3.05) is 5.32 Å². The van der Waals surface area contributed by atoms with Crippen molar-refractivity contribution < 1.29 is 27.9 Å². The van der Waals surface area contributed by atoms with E-state index in [4.69, 9.17) is 5.11 Å². The molecule has 0 saturated carbocycles. The number of hydrogen-bond donors (Lipinski definition) is 3. The molecule has 0 saturated heterocycles. The Bertz CT molecular complexity index is 530. The second-order valence-corrected chi connectivity index (χ2v) is 4.70. The Kier molecular flexibility index (Phi) is 5.17. The highest BCUT2D eigenvalue weighted by Crippen LogP contribution is 2.34. The molecule has 0 aliphatic rings. The molecule has 0 aliphatic heterocycles. The van der Waals surface area contributed by atoms with Gasteiger partial charge in [0, 0.05) is 0 Å². The summed E-state index contributed by atoms with van der Waals surface area (Å²) in [6.45, 7) is 3.14. The van der Waals surface area contributed by atoms with Crippen molar-refractivity contribution in [3.05, 3.63) is 29.8 Å². The Balaban J connectivity index is 2.87. The van der Waals surface area contributed by atoms with Crippen LogP contribution in [0.1, 0.15) is 19.4 Å². The van der Waals surface area contributed by atoms with E-state index in [1.807, 2.05) is 5.32 Å². The van der Waals surface area contributed by atoms with Crippen molar-refractivity contribution >= 4 is 17.7 Å². The Morgan fingerprint density at radius 1 is 1.19 bits per heavy atom. The van der Waals surface area contributed by atoms with Gasteiger partial charge in [-0.15, -0.1) is 0 Å². The summed E-state index contributed by atoms with van der Waals surface area (Å²) in [5.41, 5.74) is -1.44. The molecule has 8 heteroatoms. The van der Waals surface area contributed by atoms with E-state index in [1.165, 1.54) is 12.1 Å². The summed E-state index contributed by atoms with van der Waals surface area (Å²) in [7, 11) is 0. The lowest BCUT2D eigenvalue weighted by atomic mass is 10.1. The van der Waals surface area contributed by atoms with E-state index in [1.54, 1.807) is 13.8 Å². The van der Waals surface area contributed by atoms with Crippen molar-refractivity contribution in [1.29, 1.82) is 0 Å². The molecule has 3 N–H and O–H groups in total. The second kappa shape index (κ2) is 6.47. The Labute approximate surface area is 119 Å². The van der Waals surface area contributed by atoms with Gasteiger partial charge in [0.05, 0.1) is 11.3 Å². The fourth-order valence-corrected chi connectivity index (χ4v) is 1.65. The number of halogens is 3. The molecule has 5 nitrogen and oxygen atoms in total. The van der Waals surface area contributed by atoms with Gasteiger partial charge < -0.3 is 15.7 Å². The van der Waals surface area contributed by atoms with Crippen LogP contribution in [0.15, 0.2) is 24.3 Å². The van der Waals surface area contributed by atoms with E-state index >= 15 is 0 Å². The molecule has 0 spiro atoms. The maximum absolute atomic E-state index is 12.8. The number of benzene rings is 1. The predicted octanol–water partition coefficient (Wildman–Crippen LogP) is 2.94. The zero-order valence-electron chi connectivity index (χ0n) is 11.4. The third kappa shape index (κ3) is 4.66. The van der Waals surface area contributed by atoms with E-state index in [2.05, 4.69) is 5.32 Å². The molecule has 0 bridgehead atoms. The van der Waals surface area contributed by atoms with Gasteiger partial charge in [-0.25, -0.2) is 9.59 Å². The standard InChI is InChI=1S/C13H15F3N2O3/c1-7(2)10(11(19)20)18-12(21)17-9-6-4-3-5-8(9)13(14,15)16/h3-7,10H,1-2H3,(H,19,20)(H2,17,18,21). The number of anilines is 1. The van der Waals surface area contributed by atoms with Gasteiger partial charge >= 0.3 is 18.2 Å². The molecule has 1 aromatic rings. The highest BCUT2D eigenvalue weighted by molar-refractivity contribution is 5.93. The van der Waals surface area contributed by atoms with Crippen molar-refractivity contribution in [1.82, 2.24) is 5.32 Å². The van der Waals surface area contributed by atoms with Gasteiger partial charge in [-0.3, -0.25) is 0 Å². The number of carboxylic acid groups (broad SMARTS) is 1. The van der Waals surface area contributed by atoms with Crippen LogP contribution in [0.2, 0.25) is 0 Å². The lowest BCUT2D eigenvalue weighted by Gasteiger charge is -2.19. The molecule has 1 unspecified atom stereocenters. The molecule has 0 fully saturated rings. The van der Waals surface area contributed by atoms with Crippen LogP contribution in [0.25, 0.3) is 0 Å². The van der Waals surface area contributed by atoms with Crippen LogP contribution in [0, 0.1) is 5.92 Å². The van der Waals surface area contributed by atoms with Crippen molar-refractivity contribution in [3.8, 4) is 0 Å². The van der Waals surface area contributed by atoms with Gasteiger partial charge in [0.15, 0.2) is 0 Å². The Morgan fingerprint density at radius 2 is 1.76 bits per heavy atom. The number of urea groups is 1. The van der Waals surface area contributed by atoms with Crippen molar-refractivity contribution in [2.45, 2.75) is 26.1 Å². The number of carbonyl (C=O) groups excluding carboxylic acids is 1. The average molecular weight is 304 g/mol. The number of nitrogens with one attached hydrogen (secondary N) is 2. The number of hydrogen-bond acceptors (Lipinski definition) is 2. The minimum absolute atomic E-state index is 0.411. The van der Waals surface area contributed by atoms with E-state index < -0.39 is 41.4 Å². The zero-order chi connectivity index (χ0) is 16.2. The highest BCUT2D eigenvalue weighted by atomic mass is 19.4. The Hall–Kier alpha value is -2.25. The average Bonchev–Trinajstić information content (AvgIpc) is 2.34. The molecule has 0 aromatic heterocycles. The van der Waals surface area contributed by atoms with E-state index in [0.717, 1.165) is 12.1 Å². The van der Waals surface area contributed by atoms with E-state index in [0.29, 0.717) is 0 Å². The minimum atomic E-state index is -4.62. The molecule has 2 amide bonds. The molecular formula is C13H15F3N2O3. The molecule has 1 aromatic carbocycles. The minimum Gasteiger partial charge on any atom is -0.480 e. The lowest BCUT2D eigenvalue weighted by molar-refractivity contribution is -0.140. The van der Waals surface area contributed by atoms with Gasteiger partial charge in [0.1, 0.15) is 6.04 Å². The number of rotatable bonds is 4. The maximum Gasteiger partial charge on any atom is 0.418 e. The number of alkyl halides is 3. The fourth-order valence-electron chi connectivity index (χ4n) is 1.65. The lowest BCUT2D eigenvalue weighted by Crippen LogP contribution is -2.46. The normalized spacial score (nSPS) is 12.9. The molecule has 21 heavy (non-hydrogen) atoms. The van der Waals surface area contributed by atoms with E-state index in [9.17, 15) is 22.8 Å². The summed E-state index contributed by atoms with van der Waals surface area (Å²) in [6, 6.07) is 2.25. The van der Waals surface area contributed by atoms with Crippen LogP contribution >= 0.6 is 0 Å². The summed E-state index contributed by atoms with van der Waals surface area (Å²) in [6.07, 6.45) is -4.62. The quantitative estimate of drug-likeness (QED) is 0.800. The van der Waals surface area contributed by atoms with E-state index in [-0.39, 0.29) is 0 Å². The summed E-state index contributed by atoms with van der Waals surface area (Å²) >= 11 is 0. The summed E-state index contributed by atoms with van der Waals surface area (Å²) in [5.74, 6) is -1.67. The van der Waals surface area contributed by atoms with Crippen LogP contribution in [-0.4, -0.2) is 23.1 Å². The summed E-state index contributed by atoms with van der Waals surface area (Å²) in [5, 5.41) is 13.1. The van der Waals surface area contributed by atoms with Crippen LogP contribution < -0.4 is 10.6 Å². The molecule has 116 valence electrons. The van der Waals surface area contributed by atoms with Gasteiger partial charge in [0.25, 0.3) is 0 Å². The molecule has 0 aliphatic carbocycles. The monoisotopic (exact) mass is 304 g/mol. The molecule has 1 rings (SSSR count). The number of carboxylic acids is 1. The zero-order valence-corrected chi connectivity index (χ0v) is 11.4. The first-order chi connectivity index (χ1) is 9.62. The largest absolute Gasteiger partial charge is 0.480 e. The first kappa shape index (κ1) is 16.8. The van der Waals surface area contributed by atoms with Crippen LogP contribution in [0.3, 0.4) is 0 Å². The maximum atomic E-state index is 12.8. The molecular weight excluding hydrogens is 289 g/mol. The highest BCUT2D eigenvalue weighted by Gasteiger charge is 2.34. The predicted molar refractivity (Wildman–Crippen MR) is 69.9 cm³/mol. The first-order valence-corrected chi connectivity index (χ1v) is 6.09. The molecule has 0 heterocycles. The first-order valence-electron chi connectivity index (χ1n) is 6.09. The number of carbonyl (C=O) groups is 2. The smallest absolute Gasteiger partial charge is 0.418 e. The van der Waals surface area contributed by atoms with Gasteiger partial charge in [0.2, 0.25) is 0 Å². The molecule has 1 atom stereocenters. The van der Waals surface area contributed by atoms with Crippen molar-refractivity contribution in [2.24, 2.45) is 5.92 Å². The van der Waals surface area contributed by atoms with Crippen LogP contribution in [0.4, 0.5) is 23.7 Å². The van der Waals surface area contributed by atoms with Crippen molar-refractivity contribution in [3.63, 3.8) is 0 Å². The third-order valence-corrected chi connectivity index (χ3v) is 2.70. The fraction of sp³-hybridized carbons (Fsp3) is 0.385. The van der Waals surface area contributed by atoms with Gasteiger partial charge in [-0.1, -0.05) is 26.0 Å². The number of para-hydroxylation sites is 1. The van der Waals surface area contributed by atoms with Gasteiger partial charge in [-0.2, -0.15) is 13.2 Å². The number of amides is 2. The summed E-state index contributed by atoms with van der Waals surface area (Å²) in [4.78, 5) is 22.6. The topological polar surface area (TPSA) is 78.4 Å². The van der Waals surface area contributed by atoms with Crippen LogP contribution in [-0.2, 0) is 11.0 Å². The third-order valence-electron chi connectivity index (χ3n) is 2.70. The van der Waals surface area contributed by atoms with Crippen LogP contribution in [0.5, 0.6) is 0 Å². The van der Waals surface area contributed by atoms with Gasteiger partial charge in [-0.05, 0) is 18.1 Å².